The highest BCUT2D eigenvalue weighted by molar-refractivity contribution is 6.05. The van der Waals surface area contributed by atoms with E-state index in [0.29, 0.717) is 0 Å². The molecule has 0 saturated carbocycles. The van der Waals surface area contributed by atoms with Gasteiger partial charge in [-0.2, -0.15) is 5.10 Å². The zero-order chi connectivity index (χ0) is 6.97. The first-order valence-corrected chi connectivity index (χ1v) is 3.39. The lowest BCUT2D eigenvalue weighted by molar-refractivity contribution is 0.636. The maximum Gasteiger partial charge on any atom is 0.264 e. The SMILES string of the molecule is [B]n1cc2c(n1)CCNC2. The van der Waals surface area contributed by atoms with E-state index in [2.05, 4.69) is 10.4 Å². The highest BCUT2D eigenvalue weighted by Crippen LogP contribution is 2.09. The van der Waals surface area contributed by atoms with E-state index in [4.69, 9.17) is 7.98 Å². The molecule has 0 unspecified atom stereocenters. The number of hydrogen-bond acceptors (Lipinski definition) is 2. The summed E-state index contributed by atoms with van der Waals surface area (Å²) in [5.74, 6) is 0. The molecule has 1 aromatic rings. The molecule has 3 nitrogen and oxygen atoms in total. The van der Waals surface area contributed by atoms with Gasteiger partial charge in [0.05, 0.1) is 5.69 Å². The van der Waals surface area contributed by atoms with Gasteiger partial charge in [-0.3, -0.25) is 0 Å². The third kappa shape index (κ3) is 0.846. The molecule has 2 radical (unpaired) electrons. The van der Waals surface area contributed by atoms with E-state index in [1.165, 1.54) is 10.2 Å². The zero-order valence-corrected chi connectivity index (χ0v) is 5.67. The van der Waals surface area contributed by atoms with E-state index in [9.17, 15) is 0 Å². The summed E-state index contributed by atoms with van der Waals surface area (Å²) in [7, 11) is 5.44. The van der Waals surface area contributed by atoms with Crippen LogP contribution in [0.4, 0.5) is 0 Å². The Hall–Kier alpha value is -0.765. The summed E-state index contributed by atoms with van der Waals surface area (Å²) >= 11 is 0. The minimum absolute atomic E-state index is 0.909. The van der Waals surface area contributed by atoms with E-state index in [1.54, 1.807) is 0 Å². The standard InChI is InChI=1S/C6H8BN3/c7-10-4-5-3-8-2-1-6(5)9-10/h4,8H,1-3H2. The molecule has 0 aliphatic carbocycles. The predicted octanol–water partition coefficient (Wildman–Crippen LogP) is -0.540. The lowest BCUT2D eigenvalue weighted by Crippen LogP contribution is -2.22. The molecule has 2 heterocycles. The van der Waals surface area contributed by atoms with Crippen molar-refractivity contribution in [1.29, 1.82) is 0 Å². The Kier molecular flexibility index (Phi) is 1.27. The summed E-state index contributed by atoms with van der Waals surface area (Å²) in [4.78, 5) is 0. The Morgan fingerprint density at radius 2 is 2.60 bits per heavy atom. The second-order valence-electron chi connectivity index (χ2n) is 2.51. The first-order valence-electron chi connectivity index (χ1n) is 3.39. The van der Waals surface area contributed by atoms with Crippen LogP contribution in [0, 0.1) is 0 Å². The molecule has 0 fully saturated rings. The molecule has 1 aromatic heterocycles. The van der Waals surface area contributed by atoms with Crippen LogP contribution in [0.1, 0.15) is 11.3 Å². The molecule has 0 atom stereocenters. The predicted molar refractivity (Wildman–Crippen MR) is 38.8 cm³/mol. The topological polar surface area (TPSA) is 29.9 Å². The first kappa shape index (κ1) is 5.98. The van der Waals surface area contributed by atoms with Crippen molar-refractivity contribution in [1.82, 2.24) is 15.0 Å². The van der Waals surface area contributed by atoms with Crippen LogP contribution >= 0.6 is 0 Å². The van der Waals surface area contributed by atoms with Gasteiger partial charge in [-0.15, -0.1) is 0 Å². The van der Waals surface area contributed by atoms with E-state index in [1.807, 2.05) is 6.20 Å². The Morgan fingerprint density at radius 1 is 1.70 bits per heavy atom. The van der Waals surface area contributed by atoms with Crippen LogP contribution < -0.4 is 5.32 Å². The van der Waals surface area contributed by atoms with E-state index in [0.717, 1.165) is 25.2 Å². The monoisotopic (exact) mass is 133 g/mol. The maximum absolute atomic E-state index is 5.44. The molecule has 0 amide bonds. The quantitative estimate of drug-likeness (QED) is 0.481. The van der Waals surface area contributed by atoms with Crippen LogP contribution in [-0.4, -0.2) is 24.2 Å². The summed E-state index contributed by atoms with van der Waals surface area (Å²) in [5.41, 5.74) is 2.37. The lowest BCUT2D eigenvalue weighted by Gasteiger charge is -2.09. The van der Waals surface area contributed by atoms with Crippen molar-refractivity contribution in [3.63, 3.8) is 0 Å². The lowest BCUT2D eigenvalue weighted by atomic mass is 10.1. The highest BCUT2D eigenvalue weighted by Gasteiger charge is 2.10. The zero-order valence-electron chi connectivity index (χ0n) is 5.67. The molecular formula is C6H8BN3. The van der Waals surface area contributed by atoms with Gasteiger partial charge in [-0.05, 0) is 0 Å². The number of fused-ring (bicyclic) bond motifs is 1. The van der Waals surface area contributed by atoms with Gasteiger partial charge in [0.25, 0.3) is 7.98 Å². The molecule has 0 aromatic carbocycles. The molecular weight excluding hydrogens is 125 g/mol. The van der Waals surface area contributed by atoms with Gasteiger partial charge in [0, 0.05) is 31.3 Å². The largest absolute Gasteiger partial charge is 0.330 e. The van der Waals surface area contributed by atoms with Gasteiger partial charge in [-0.25, -0.2) is 0 Å². The molecule has 0 bridgehead atoms. The molecule has 0 saturated heterocycles. The van der Waals surface area contributed by atoms with Crippen molar-refractivity contribution >= 4 is 7.98 Å². The van der Waals surface area contributed by atoms with Crippen LogP contribution in [0.3, 0.4) is 0 Å². The molecule has 1 aliphatic heterocycles. The smallest absolute Gasteiger partial charge is 0.264 e. The Balaban J connectivity index is 2.41. The minimum Gasteiger partial charge on any atom is -0.330 e. The molecule has 2 rings (SSSR count). The first-order chi connectivity index (χ1) is 4.86. The number of hydrogen-bond donors (Lipinski definition) is 1. The van der Waals surface area contributed by atoms with Crippen LogP contribution in [0.2, 0.25) is 0 Å². The van der Waals surface area contributed by atoms with Gasteiger partial charge in [-0.1, -0.05) is 0 Å². The van der Waals surface area contributed by atoms with Gasteiger partial charge < -0.3 is 9.91 Å². The van der Waals surface area contributed by atoms with Gasteiger partial charge in [0.2, 0.25) is 0 Å². The van der Waals surface area contributed by atoms with Gasteiger partial charge >= 0.3 is 0 Å². The molecule has 10 heavy (non-hydrogen) atoms. The van der Waals surface area contributed by atoms with Crippen LogP contribution in [-0.2, 0) is 13.0 Å². The summed E-state index contributed by atoms with van der Waals surface area (Å²) in [6.45, 7) is 1.93. The second-order valence-corrected chi connectivity index (χ2v) is 2.51. The molecule has 0 spiro atoms. The van der Waals surface area contributed by atoms with Gasteiger partial charge in [0.15, 0.2) is 0 Å². The summed E-state index contributed by atoms with van der Waals surface area (Å²) in [6.07, 6.45) is 2.86. The fraction of sp³-hybridized carbons (Fsp3) is 0.500. The number of nitrogens with zero attached hydrogens (tertiary/aromatic N) is 2. The second kappa shape index (κ2) is 2.13. The minimum atomic E-state index is 0.909. The third-order valence-electron chi connectivity index (χ3n) is 1.75. The van der Waals surface area contributed by atoms with Crippen molar-refractivity contribution < 1.29 is 0 Å². The van der Waals surface area contributed by atoms with Crippen LogP contribution in [0.5, 0.6) is 0 Å². The van der Waals surface area contributed by atoms with Crippen LogP contribution in [0.15, 0.2) is 6.20 Å². The number of aromatic nitrogens is 2. The van der Waals surface area contributed by atoms with Gasteiger partial charge in [0.1, 0.15) is 0 Å². The Morgan fingerprint density at radius 3 is 3.40 bits per heavy atom. The van der Waals surface area contributed by atoms with E-state index in [-0.39, 0.29) is 0 Å². The molecule has 1 N–H and O–H groups in total. The average Bonchev–Trinajstić information content (AvgIpc) is 2.27. The van der Waals surface area contributed by atoms with Crippen molar-refractivity contribution in [3.8, 4) is 0 Å². The highest BCUT2D eigenvalue weighted by atomic mass is 15.2. The third-order valence-corrected chi connectivity index (χ3v) is 1.75. The molecule has 4 heteroatoms. The average molecular weight is 133 g/mol. The van der Waals surface area contributed by atoms with E-state index >= 15 is 0 Å². The summed E-state index contributed by atoms with van der Waals surface area (Å²) in [6, 6.07) is 0. The van der Waals surface area contributed by atoms with Crippen molar-refractivity contribution in [2.24, 2.45) is 0 Å². The summed E-state index contributed by atoms with van der Waals surface area (Å²) < 4.78 is 1.39. The van der Waals surface area contributed by atoms with E-state index < -0.39 is 0 Å². The van der Waals surface area contributed by atoms with Crippen molar-refractivity contribution in [3.05, 3.63) is 17.5 Å². The molecule has 1 aliphatic rings. The Bertz CT molecular complexity index is 220. The normalized spacial score (nSPS) is 16.8. The fourth-order valence-electron chi connectivity index (χ4n) is 1.25. The van der Waals surface area contributed by atoms with Crippen LogP contribution in [0.25, 0.3) is 0 Å². The number of rotatable bonds is 0. The van der Waals surface area contributed by atoms with Crippen molar-refractivity contribution in [2.75, 3.05) is 6.54 Å². The number of nitrogens with one attached hydrogen (secondary N) is 1. The Labute approximate surface area is 60.9 Å². The fourth-order valence-corrected chi connectivity index (χ4v) is 1.25. The summed E-state index contributed by atoms with van der Waals surface area (Å²) in [5, 5.41) is 7.35. The maximum atomic E-state index is 5.44. The van der Waals surface area contributed by atoms with Crippen molar-refractivity contribution in [2.45, 2.75) is 13.0 Å². The molecule has 50 valence electrons.